The Hall–Kier alpha value is -1.59. The lowest BCUT2D eigenvalue weighted by molar-refractivity contribution is -0.118. The van der Waals surface area contributed by atoms with Gasteiger partial charge in [0.05, 0.1) is 12.0 Å². The van der Waals surface area contributed by atoms with E-state index in [1.165, 1.54) is 16.7 Å². The molecule has 1 amide bonds. The molecule has 120 valence electrons. The summed E-state index contributed by atoms with van der Waals surface area (Å²) in [6, 6.07) is 14.2. The van der Waals surface area contributed by atoms with Crippen molar-refractivity contribution in [1.29, 1.82) is 0 Å². The number of hydrazone groups is 1. The van der Waals surface area contributed by atoms with Crippen LogP contribution >= 0.6 is 27.7 Å². The molecule has 2 aromatic carbocycles. The van der Waals surface area contributed by atoms with E-state index in [0.717, 1.165) is 15.8 Å². The lowest BCUT2D eigenvalue weighted by Crippen LogP contribution is -2.19. The van der Waals surface area contributed by atoms with E-state index in [1.54, 1.807) is 18.0 Å². The van der Waals surface area contributed by atoms with Crippen LogP contribution in [0.2, 0.25) is 0 Å². The summed E-state index contributed by atoms with van der Waals surface area (Å²) in [5, 5.41) is 3.99. The summed E-state index contributed by atoms with van der Waals surface area (Å²) in [5.74, 6) is 1.12. The number of halogens is 1. The number of nitrogens with one attached hydrogen (secondary N) is 1. The van der Waals surface area contributed by atoms with Gasteiger partial charge in [-0.2, -0.15) is 5.10 Å². The van der Waals surface area contributed by atoms with Crippen molar-refractivity contribution >= 4 is 39.8 Å². The second-order valence-electron chi connectivity index (χ2n) is 5.30. The van der Waals surface area contributed by atoms with Gasteiger partial charge in [0.2, 0.25) is 5.91 Å². The van der Waals surface area contributed by atoms with E-state index >= 15 is 0 Å². The van der Waals surface area contributed by atoms with E-state index in [9.17, 15) is 4.79 Å². The molecule has 2 rings (SSSR count). The average Bonchev–Trinajstić information content (AvgIpc) is 2.48. The van der Waals surface area contributed by atoms with Gasteiger partial charge in [0.1, 0.15) is 0 Å². The number of hydrogen-bond donors (Lipinski definition) is 1. The molecule has 0 fully saturated rings. The molecule has 0 aliphatic carbocycles. The standard InChI is InChI=1S/C18H19BrN2OS/c1-13-7-14(2)9-15(8-13)11-23-12-18(22)21-20-10-16-5-3-4-6-17(16)19/h3-10H,11-12H2,1-2H3,(H,21,22)/b20-10+. The molecule has 0 aromatic heterocycles. The summed E-state index contributed by atoms with van der Waals surface area (Å²) in [6.07, 6.45) is 1.64. The van der Waals surface area contributed by atoms with Crippen LogP contribution in [0.5, 0.6) is 0 Å². The molecule has 0 aliphatic heterocycles. The fraction of sp³-hybridized carbons (Fsp3) is 0.222. The molecule has 0 atom stereocenters. The molecule has 0 heterocycles. The molecule has 2 aromatic rings. The van der Waals surface area contributed by atoms with E-state index in [-0.39, 0.29) is 5.91 Å². The van der Waals surface area contributed by atoms with Crippen molar-refractivity contribution in [2.24, 2.45) is 5.10 Å². The van der Waals surface area contributed by atoms with Gasteiger partial charge in [0.25, 0.3) is 0 Å². The zero-order valence-corrected chi connectivity index (χ0v) is 15.6. The van der Waals surface area contributed by atoms with E-state index in [1.807, 2.05) is 24.3 Å². The Kier molecular flexibility index (Phi) is 6.86. The zero-order chi connectivity index (χ0) is 16.7. The summed E-state index contributed by atoms with van der Waals surface area (Å²) in [4.78, 5) is 11.8. The van der Waals surface area contributed by atoms with Gasteiger partial charge in [-0.05, 0) is 25.5 Å². The van der Waals surface area contributed by atoms with Gasteiger partial charge in [-0.25, -0.2) is 5.43 Å². The van der Waals surface area contributed by atoms with Gasteiger partial charge < -0.3 is 0 Å². The molecule has 0 radical (unpaired) electrons. The SMILES string of the molecule is Cc1cc(C)cc(CSCC(=O)N/N=C/c2ccccc2Br)c1. The molecule has 3 nitrogen and oxygen atoms in total. The molecule has 0 unspecified atom stereocenters. The van der Waals surface area contributed by atoms with Crippen LogP contribution in [-0.4, -0.2) is 17.9 Å². The summed E-state index contributed by atoms with van der Waals surface area (Å²) < 4.78 is 0.946. The minimum atomic E-state index is -0.0947. The maximum atomic E-state index is 11.8. The monoisotopic (exact) mass is 390 g/mol. The number of hydrogen-bond acceptors (Lipinski definition) is 3. The maximum absolute atomic E-state index is 11.8. The Morgan fingerprint density at radius 1 is 1.22 bits per heavy atom. The smallest absolute Gasteiger partial charge is 0.250 e. The number of nitrogens with zero attached hydrogens (tertiary/aromatic N) is 1. The highest BCUT2D eigenvalue weighted by molar-refractivity contribution is 9.10. The van der Waals surface area contributed by atoms with E-state index in [2.05, 4.69) is 58.5 Å². The van der Waals surface area contributed by atoms with Crippen molar-refractivity contribution in [1.82, 2.24) is 5.43 Å². The third-order valence-corrected chi connectivity index (χ3v) is 4.81. The summed E-state index contributed by atoms with van der Waals surface area (Å²) in [7, 11) is 0. The van der Waals surface area contributed by atoms with Crippen molar-refractivity contribution in [3.63, 3.8) is 0 Å². The van der Waals surface area contributed by atoms with Crippen LogP contribution < -0.4 is 5.43 Å². The zero-order valence-electron chi connectivity index (χ0n) is 13.2. The third kappa shape index (κ3) is 6.20. The summed E-state index contributed by atoms with van der Waals surface area (Å²) >= 11 is 5.02. The van der Waals surface area contributed by atoms with Gasteiger partial charge in [-0.15, -0.1) is 11.8 Å². The first kappa shape index (κ1) is 17.8. The topological polar surface area (TPSA) is 41.5 Å². The Balaban J connectivity index is 1.76. The van der Waals surface area contributed by atoms with Crippen molar-refractivity contribution < 1.29 is 4.79 Å². The molecule has 0 saturated heterocycles. The van der Waals surface area contributed by atoms with Crippen LogP contribution in [0.25, 0.3) is 0 Å². The second kappa shape index (κ2) is 8.89. The van der Waals surface area contributed by atoms with Crippen molar-refractivity contribution in [3.8, 4) is 0 Å². The normalized spacial score (nSPS) is 10.9. The highest BCUT2D eigenvalue weighted by Crippen LogP contribution is 2.16. The van der Waals surface area contributed by atoms with Crippen LogP contribution in [0.15, 0.2) is 52.0 Å². The average molecular weight is 391 g/mol. The second-order valence-corrected chi connectivity index (χ2v) is 7.14. The molecule has 0 aliphatic rings. The van der Waals surface area contributed by atoms with E-state index in [0.29, 0.717) is 5.75 Å². The largest absolute Gasteiger partial charge is 0.272 e. The van der Waals surface area contributed by atoms with Crippen molar-refractivity contribution in [3.05, 3.63) is 69.2 Å². The lowest BCUT2D eigenvalue weighted by atomic mass is 10.1. The molecule has 5 heteroatoms. The van der Waals surface area contributed by atoms with Gasteiger partial charge >= 0.3 is 0 Å². The number of amides is 1. The fourth-order valence-corrected chi connectivity index (χ4v) is 3.34. The maximum Gasteiger partial charge on any atom is 0.250 e. The van der Waals surface area contributed by atoms with E-state index < -0.39 is 0 Å². The Morgan fingerprint density at radius 3 is 2.61 bits per heavy atom. The minimum Gasteiger partial charge on any atom is -0.272 e. The van der Waals surface area contributed by atoms with Crippen molar-refractivity contribution in [2.75, 3.05) is 5.75 Å². The molecule has 0 spiro atoms. The van der Waals surface area contributed by atoms with Crippen LogP contribution in [0.4, 0.5) is 0 Å². The predicted molar refractivity (Wildman–Crippen MR) is 102 cm³/mol. The number of aryl methyl sites for hydroxylation is 2. The van der Waals surface area contributed by atoms with E-state index in [4.69, 9.17) is 0 Å². The first-order valence-electron chi connectivity index (χ1n) is 7.26. The number of thioether (sulfide) groups is 1. The number of benzene rings is 2. The van der Waals surface area contributed by atoms with Gasteiger partial charge in [0.15, 0.2) is 0 Å². The Bertz CT molecular complexity index is 696. The number of rotatable bonds is 6. The van der Waals surface area contributed by atoms with Crippen molar-refractivity contribution in [2.45, 2.75) is 19.6 Å². The summed E-state index contributed by atoms with van der Waals surface area (Å²) in [5.41, 5.74) is 7.24. The molecule has 0 bridgehead atoms. The van der Waals surface area contributed by atoms with Crippen LogP contribution in [-0.2, 0) is 10.5 Å². The predicted octanol–water partition coefficient (Wildman–Crippen LogP) is 4.45. The molecule has 23 heavy (non-hydrogen) atoms. The number of carbonyl (C=O) groups excluding carboxylic acids is 1. The molecule has 0 saturated carbocycles. The first-order valence-corrected chi connectivity index (χ1v) is 9.21. The summed E-state index contributed by atoms with van der Waals surface area (Å²) in [6.45, 7) is 4.18. The highest BCUT2D eigenvalue weighted by Gasteiger charge is 2.02. The molecular formula is C18H19BrN2OS. The quantitative estimate of drug-likeness (QED) is 0.584. The minimum absolute atomic E-state index is 0.0947. The van der Waals surface area contributed by atoms with Crippen LogP contribution in [0, 0.1) is 13.8 Å². The Morgan fingerprint density at radius 2 is 1.91 bits per heavy atom. The fourth-order valence-electron chi connectivity index (χ4n) is 2.20. The molecule has 1 N–H and O–H groups in total. The highest BCUT2D eigenvalue weighted by atomic mass is 79.9. The van der Waals surface area contributed by atoms with Crippen LogP contribution in [0.1, 0.15) is 22.3 Å². The van der Waals surface area contributed by atoms with Gasteiger partial charge in [-0.1, -0.05) is 63.5 Å². The van der Waals surface area contributed by atoms with Gasteiger partial charge in [0, 0.05) is 15.8 Å². The number of carbonyl (C=O) groups is 1. The molecular weight excluding hydrogens is 372 g/mol. The Labute approximate surface area is 149 Å². The lowest BCUT2D eigenvalue weighted by Gasteiger charge is -2.04. The van der Waals surface area contributed by atoms with Gasteiger partial charge in [-0.3, -0.25) is 4.79 Å². The third-order valence-electron chi connectivity index (χ3n) is 3.08. The first-order chi connectivity index (χ1) is 11.0. The van der Waals surface area contributed by atoms with Crippen LogP contribution in [0.3, 0.4) is 0 Å².